The Bertz CT molecular complexity index is 272. The molecule has 1 aromatic carbocycles. The molecule has 0 fully saturated rings. The van der Waals surface area contributed by atoms with Crippen LogP contribution >= 0.6 is 0 Å². The van der Waals surface area contributed by atoms with E-state index in [0.717, 1.165) is 6.54 Å². The van der Waals surface area contributed by atoms with Crippen LogP contribution in [0.5, 0.6) is 0 Å². The van der Waals surface area contributed by atoms with Gasteiger partial charge in [-0.05, 0) is 11.4 Å². The fourth-order valence-corrected chi connectivity index (χ4v) is 1.65. The SMILES string of the molecule is C[Si](C)(C)C=NCc1ccccc1. The van der Waals surface area contributed by atoms with Crippen LogP contribution in [0.2, 0.25) is 19.6 Å². The van der Waals surface area contributed by atoms with Crippen LogP contribution in [0.3, 0.4) is 0 Å². The van der Waals surface area contributed by atoms with Crippen molar-refractivity contribution in [3.05, 3.63) is 35.9 Å². The largest absolute Gasteiger partial charge is 0.297 e. The normalized spacial score (nSPS) is 12.2. The predicted octanol–water partition coefficient (Wildman–Crippen LogP) is 3.13. The maximum Gasteiger partial charge on any atom is 0.0911 e. The summed E-state index contributed by atoms with van der Waals surface area (Å²) in [5.74, 6) is 2.15. The van der Waals surface area contributed by atoms with E-state index in [1.807, 2.05) is 6.07 Å². The Morgan fingerprint density at radius 3 is 2.31 bits per heavy atom. The van der Waals surface area contributed by atoms with Crippen molar-refractivity contribution < 1.29 is 0 Å². The molecule has 0 aliphatic rings. The molecule has 0 atom stereocenters. The molecule has 0 aliphatic heterocycles. The molecule has 1 aromatic rings. The first-order chi connectivity index (χ1) is 6.08. The van der Waals surface area contributed by atoms with E-state index >= 15 is 0 Å². The van der Waals surface area contributed by atoms with Crippen molar-refractivity contribution in [2.24, 2.45) is 4.99 Å². The van der Waals surface area contributed by atoms with Gasteiger partial charge in [-0.15, -0.1) is 0 Å². The minimum Gasteiger partial charge on any atom is -0.297 e. The average Bonchev–Trinajstić information content (AvgIpc) is 2.04. The summed E-state index contributed by atoms with van der Waals surface area (Å²) in [6.07, 6.45) is 0. The highest BCUT2D eigenvalue weighted by molar-refractivity contribution is 6.99. The van der Waals surface area contributed by atoms with Gasteiger partial charge in [0.15, 0.2) is 0 Å². The van der Waals surface area contributed by atoms with Crippen molar-refractivity contribution >= 4 is 13.9 Å². The lowest BCUT2D eigenvalue weighted by Gasteiger charge is -2.06. The van der Waals surface area contributed by atoms with Gasteiger partial charge in [0.2, 0.25) is 0 Å². The molecule has 0 saturated heterocycles. The van der Waals surface area contributed by atoms with Gasteiger partial charge in [-0.25, -0.2) is 0 Å². The van der Waals surface area contributed by atoms with Gasteiger partial charge in [-0.1, -0.05) is 50.0 Å². The summed E-state index contributed by atoms with van der Waals surface area (Å²) in [6, 6.07) is 10.4. The molecule has 0 unspecified atom stereocenters. The van der Waals surface area contributed by atoms with E-state index in [2.05, 4.69) is 54.7 Å². The van der Waals surface area contributed by atoms with Gasteiger partial charge < -0.3 is 0 Å². The zero-order valence-corrected chi connectivity index (χ0v) is 9.62. The molecular formula is C11H17NSi. The molecule has 0 heterocycles. The summed E-state index contributed by atoms with van der Waals surface area (Å²) < 4.78 is 0. The second-order valence-corrected chi connectivity index (χ2v) is 9.31. The van der Waals surface area contributed by atoms with Crippen LogP contribution in [0.25, 0.3) is 0 Å². The van der Waals surface area contributed by atoms with Crippen LogP contribution in [0.4, 0.5) is 0 Å². The van der Waals surface area contributed by atoms with Crippen LogP contribution in [0.15, 0.2) is 35.3 Å². The van der Waals surface area contributed by atoms with E-state index in [1.54, 1.807) is 0 Å². The van der Waals surface area contributed by atoms with E-state index in [9.17, 15) is 0 Å². The first-order valence-corrected chi connectivity index (χ1v) is 8.20. The monoisotopic (exact) mass is 191 g/mol. The third-order valence-corrected chi connectivity index (χ3v) is 2.55. The maximum absolute atomic E-state index is 4.45. The van der Waals surface area contributed by atoms with E-state index < -0.39 is 8.07 Å². The lowest BCUT2D eigenvalue weighted by atomic mass is 10.2. The highest BCUT2D eigenvalue weighted by atomic mass is 28.3. The molecule has 70 valence electrons. The Kier molecular flexibility index (Phi) is 3.43. The van der Waals surface area contributed by atoms with Gasteiger partial charge in [0, 0.05) is 0 Å². The van der Waals surface area contributed by atoms with Gasteiger partial charge in [-0.2, -0.15) is 0 Å². The van der Waals surface area contributed by atoms with Crippen molar-refractivity contribution in [1.29, 1.82) is 0 Å². The molecule has 0 radical (unpaired) electrons. The number of hydrogen-bond acceptors (Lipinski definition) is 1. The van der Waals surface area contributed by atoms with Crippen molar-refractivity contribution in [3.63, 3.8) is 0 Å². The average molecular weight is 191 g/mol. The topological polar surface area (TPSA) is 12.4 Å². The van der Waals surface area contributed by atoms with Crippen LogP contribution < -0.4 is 0 Å². The molecule has 1 nitrogen and oxygen atoms in total. The number of aliphatic imine (C=N–C) groups is 1. The Morgan fingerprint density at radius 1 is 1.15 bits per heavy atom. The Labute approximate surface area is 81.5 Å². The zero-order chi connectivity index (χ0) is 9.73. The Morgan fingerprint density at radius 2 is 1.77 bits per heavy atom. The van der Waals surface area contributed by atoms with Crippen molar-refractivity contribution in [2.75, 3.05) is 0 Å². The van der Waals surface area contributed by atoms with E-state index in [0.29, 0.717) is 0 Å². The van der Waals surface area contributed by atoms with E-state index in [-0.39, 0.29) is 0 Å². The van der Waals surface area contributed by atoms with Crippen LogP contribution in [-0.4, -0.2) is 13.9 Å². The second-order valence-electron chi connectivity index (χ2n) is 4.32. The Hall–Kier alpha value is -0.893. The van der Waals surface area contributed by atoms with E-state index in [1.165, 1.54) is 5.56 Å². The Balaban J connectivity index is 2.49. The molecule has 0 N–H and O–H groups in total. The number of benzene rings is 1. The molecule has 13 heavy (non-hydrogen) atoms. The molecule has 0 saturated carbocycles. The zero-order valence-electron chi connectivity index (χ0n) is 8.62. The quantitative estimate of drug-likeness (QED) is 0.514. The fraction of sp³-hybridized carbons (Fsp3) is 0.364. The van der Waals surface area contributed by atoms with E-state index in [4.69, 9.17) is 0 Å². The molecule has 0 amide bonds. The molecule has 0 spiro atoms. The fourth-order valence-electron chi connectivity index (χ4n) is 1.01. The minimum atomic E-state index is -1.10. The second kappa shape index (κ2) is 4.37. The molecule has 2 heteroatoms. The maximum atomic E-state index is 4.45. The molecule has 0 aromatic heterocycles. The van der Waals surface area contributed by atoms with Crippen LogP contribution in [-0.2, 0) is 6.54 Å². The first kappa shape index (κ1) is 10.2. The van der Waals surface area contributed by atoms with Crippen molar-refractivity contribution in [3.8, 4) is 0 Å². The molecular weight excluding hydrogens is 174 g/mol. The van der Waals surface area contributed by atoms with Crippen LogP contribution in [0, 0.1) is 0 Å². The predicted molar refractivity (Wildman–Crippen MR) is 62.0 cm³/mol. The minimum absolute atomic E-state index is 0.825. The summed E-state index contributed by atoms with van der Waals surface area (Å²) in [4.78, 5) is 4.45. The standard InChI is InChI=1S/C11H17NSi/c1-13(2,3)10-12-9-11-7-5-4-6-8-11/h4-8,10H,9H2,1-3H3. The third-order valence-electron chi connectivity index (χ3n) is 1.60. The summed E-state index contributed by atoms with van der Waals surface area (Å²) in [7, 11) is -1.10. The summed E-state index contributed by atoms with van der Waals surface area (Å²) >= 11 is 0. The smallest absolute Gasteiger partial charge is 0.0911 e. The molecule has 0 aliphatic carbocycles. The molecule has 0 bridgehead atoms. The van der Waals surface area contributed by atoms with Gasteiger partial charge in [0.1, 0.15) is 0 Å². The highest BCUT2D eigenvalue weighted by Crippen LogP contribution is 2.01. The molecule has 1 rings (SSSR count). The van der Waals surface area contributed by atoms with Gasteiger partial charge in [-0.3, -0.25) is 4.99 Å². The summed E-state index contributed by atoms with van der Waals surface area (Å²) in [5, 5.41) is 0. The van der Waals surface area contributed by atoms with Gasteiger partial charge in [0.05, 0.1) is 14.6 Å². The van der Waals surface area contributed by atoms with Crippen LogP contribution in [0.1, 0.15) is 5.56 Å². The summed E-state index contributed by atoms with van der Waals surface area (Å²) in [5.41, 5.74) is 1.29. The lowest BCUT2D eigenvalue weighted by Crippen LogP contribution is -2.22. The van der Waals surface area contributed by atoms with Gasteiger partial charge >= 0.3 is 0 Å². The lowest BCUT2D eigenvalue weighted by molar-refractivity contribution is 1.08. The summed E-state index contributed by atoms with van der Waals surface area (Å²) in [6.45, 7) is 7.70. The van der Waals surface area contributed by atoms with Crippen molar-refractivity contribution in [1.82, 2.24) is 0 Å². The number of hydrogen-bond donors (Lipinski definition) is 0. The number of rotatable bonds is 3. The van der Waals surface area contributed by atoms with Crippen molar-refractivity contribution in [2.45, 2.75) is 26.2 Å². The first-order valence-electron chi connectivity index (χ1n) is 4.63. The highest BCUT2D eigenvalue weighted by Gasteiger charge is 2.07. The number of nitrogens with zero attached hydrogens (tertiary/aromatic N) is 1. The van der Waals surface area contributed by atoms with Gasteiger partial charge in [0.25, 0.3) is 0 Å². The third kappa shape index (κ3) is 4.63.